The van der Waals surface area contributed by atoms with E-state index in [0.29, 0.717) is 23.3 Å². The van der Waals surface area contributed by atoms with E-state index in [4.69, 9.17) is 11.6 Å². The molecular weight excluding hydrogens is 329 g/mol. The third kappa shape index (κ3) is 2.51. The van der Waals surface area contributed by atoms with Gasteiger partial charge in [-0.25, -0.2) is 9.37 Å². The van der Waals surface area contributed by atoms with Gasteiger partial charge in [0, 0.05) is 23.3 Å². The van der Waals surface area contributed by atoms with E-state index in [0.717, 1.165) is 11.4 Å². The highest BCUT2D eigenvalue weighted by Gasteiger charge is 2.17. The van der Waals surface area contributed by atoms with Gasteiger partial charge in [-0.3, -0.25) is 5.10 Å². The van der Waals surface area contributed by atoms with Gasteiger partial charge in [-0.2, -0.15) is 5.10 Å². The number of hydrogen-bond acceptors (Lipinski definition) is 3. The Morgan fingerprint density at radius 2 is 2.04 bits per heavy atom. The van der Waals surface area contributed by atoms with E-state index in [1.165, 1.54) is 0 Å². The molecule has 5 nitrogen and oxygen atoms in total. The second-order valence-electron chi connectivity index (χ2n) is 5.30. The number of nitrogens with zero attached hydrogens (tertiary/aromatic N) is 2. The largest absolute Gasteiger partial charge is 0.361 e. The quantitative estimate of drug-likeness (QED) is 0.516. The molecule has 0 atom stereocenters. The van der Waals surface area contributed by atoms with E-state index in [1.807, 2.05) is 36.4 Å². The lowest BCUT2D eigenvalue weighted by molar-refractivity contribution is 0.637. The Bertz CT molecular complexity index is 979. The summed E-state index contributed by atoms with van der Waals surface area (Å²) in [5.41, 5.74) is 1.76. The Morgan fingerprint density at radius 1 is 1.21 bits per heavy atom. The van der Waals surface area contributed by atoms with Crippen molar-refractivity contribution in [2.45, 2.75) is 6.54 Å². The first-order valence-electron chi connectivity index (χ1n) is 7.37. The third-order valence-corrected chi connectivity index (χ3v) is 4.17. The Balaban J connectivity index is 1.78. The first kappa shape index (κ1) is 14.7. The summed E-state index contributed by atoms with van der Waals surface area (Å²) in [4.78, 5) is 7.14. The normalized spacial score (nSPS) is 11.1. The molecule has 0 aliphatic heterocycles. The highest BCUT2D eigenvalue weighted by atomic mass is 35.5. The number of aromatic nitrogens is 4. The zero-order valence-corrected chi connectivity index (χ0v) is 13.2. The molecule has 120 valence electrons. The van der Waals surface area contributed by atoms with Gasteiger partial charge in [-0.05, 0) is 11.6 Å². The Labute approximate surface area is 141 Å². The van der Waals surface area contributed by atoms with E-state index in [9.17, 15) is 4.39 Å². The SMILES string of the molecule is Fc1c(Cl)c(-c2ccccc2)cc2c(NCc3ncc[nH]3)n[nH]c12. The molecule has 0 saturated carbocycles. The van der Waals surface area contributed by atoms with Crippen LogP contribution in [-0.2, 0) is 6.54 Å². The minimum atomic E-state index is -0.508. The van der Waals surface area contributed by atoms with Crippen molar-refractivity contribution < 1.29 is 4.39 Å². The zero-order valence-electron chi connectivity index (χ0n) is 12.5. The first-order chi connectivity index (χ1) is 11.7. The van der Waals surface area contributed by atoms with Crippen molar-refractivity contribution in [1.82, 2.24) is 20.2 Å². The number of H-pyrrole nitrogens is 2. The smallest absolute Gasteiger partial charge is 0.168 e. The van der Waals surface area contributed by atoms with Crippen LogP contribution in [0.4, 0.5) is 10.2 Å². The standard InChI is InChI=1S/C17H13ClFN5/c18-14-11(10-4-2-1-3-5-10)8-12-16(15(14)19)23-24-17(12)22-9-13-20-6-7-21-13/h1-8H,9H2,(H,20,21)(H2,22,23,24). The molecule has 0 bridgehead atoms. The summed E-state index contributed by atoms with van der Waals surface area (Å²) < 4.78 is 14.6. The number of benzene rings is 2. The molecule has 0 radical (unpaired) electrons. The fraction of sp³-hybridized carbons (Fsp3) is 0.0588. The van der Waals surface area contributed by atoms with Crippen molar-refractivity contribution in [2.75, 3.05) is 5.32 Å². The van der Waals surface area contributed by atoms with Crippen molar-refractivity contribution in [3.05, 3.63) is 65.5 Å². The topological polar surface area (TPSA) is 69.4 Å². The van der Waals surface area contributed by atoms with Crippen LogP contribution >= 0.6 is 11.6 Å². The predicted octanol–water partition coefficient (Wildman–Crippen LogP) is 4.36. The first-order valence-corrected chi connectivity index (χ1v) is 7.75. The number of aromatic amines is 2. The van der Waals surface area contributed by atoms with Crippen LogP contribution in [0.15, 0.2) is 48.8 Å². The van der Waals surface area contributed by atoms with Crippen LogP contribution in [0.2, 0.25) is 5.02 Å². The molecule has 0 unspecified atom stereocenters. The fourth-order valence-corrected chi connectivity index (χ4v) is 2.88. The summed E-state index contributed by atoms with van der Waals surface area (Å²) in [5, 5.41) is 10.7. The summed E-state index contributed by atoms with van der Waals surface area (Å²) in [6.07, 6.45) is 3.42. The Morgan fingerprint density at radius 3 is 2.79 bits per heavy atom. The molecule has 0 saturated heterocycles. The minimum Gasteiger partial charge on any atom is -0.361 e. The molecule has 4 aromatic rings. The lowest BCUT2D eigenvalue weighted by atomic mass is 10.0. The molecule has 0 aliphatic rings. The molecule has 24 heavy (non-hydrogen) atoms. The van der Waals surface area contributed by atoms with Gasteiger partial charge in [0.2, 0.25) is 0 Å². The van der Waals surface area contributed by atoms with Gasteiger partial charge in [-0.1, -0.05) is 41.9 Å². The lowest BCUT2D eigenvalue weighted by Gasteiger charge is -2.07. The summed E-state index contributed by atoms with van der Waals surface area (Å²) in [6.45, 7) is 0.456. The molecule has 2 aromatic heterocycles. The van der Waals surface area contributed by atoms with E-state index in [1.54, 1.807) is 12.4 Å². The van der Waals surface area contributed by atoms with Crippen LogP contribution in [0.5, 0.6) is 0 Å². The number of hydrogen-bond donors (Lipinski definition) is 3. The molecule has 0 aliphatic carbocycles. The molecular formula is C17H13ClFN5. The zero-order chi connectivity index (χ0) is 16.5. The molecule has 0 fully saturated rings. The second-order valence-corrected chi connectivity index (χ2v) is 5.68. The average Bonchev–Trinajstić information content (AvgIpc) is 3.26. The number of fused-ring (bicyclic) bond motifs is 1. The van der Waals surface area contributed by atoms with Crippen LogP contribution < -0.4 is 5.32 Å². The molecule has 7 heteroatoms. The van der Waals surface area contributed by atoms with Crippen molar-refractivity contribution in [1.29, 1.82) is 0 Å². The van der Waals surface area contributed by atoms with Crippen LogP contribution in [0.1, 0.15) is 5.82 Å². The molecule has 2 aromatic carbocycles. The highest BCUT2D eigenvalue weighted by Crippen LogP contribution is 2.36. The maximum absolute atomic E-state index is 14.6. The van der Waals surface area contributed by atoms with Crippen LogP contribution in [0.25, 0.3) is 22.0 Å². The number of halogens is 2. The minimum absolute atomic E-state index is 0.0786. The van der Waals surface area contributed by atoms with Gasteiger partial charge in [0.25, 0.3) is 0 Å². The maximum atomic E-state index is 14.6. The van der Waals surface area contributed by atoms with Gasteiger partial charge in [-0.15, -0.1) is 0 Å². The summed E-state index contributed by atoms with van der Waals surface area (Å²) in [5.74, 6) is 0.810. The molecule has 3 N–H and O–H groups in total. The summed E-state index contributed by atoms with van der Waals surface area (Å²) >= 11 is 6.22. The van der Waals surface area contributed by atoms with E-state index < -0.39 is 5.82 Å². The van der Waals surface area contributed by atoms with Crippen LogP contribution in [-0.4, -0.2) is 20.2 Å². The van der Waals surface area contributed by atoms with Gasteiger partial charge in [0.15, 0.2) is 11.6 Å². The predicted molar refractivity (Wildman–Crippen MR) is 92.4 cm³/mol. The van der Waals surface area contributed by atoms with Gasteiger partial charge >= 0.3 is 0 Å². The monoisotopic (exact) mass is 341 g/mol. The molecule has 0 amide bonds. The van der Waals surface area contributed by atoms with Crippen molar-refractivity contribution in [3.8, 4) is 11.1 Å². The maximum Gasteiger partial charge on any atom is 0.168 e. The molecule has 0 spiro atoms. The number of nitrogens with one attached hydrogen (secondary N) is 3. The summed E-state index contributed by atoms with van der Waals surface area (Å²) in [6, 6.07) is 11.3. The van der Waals surface area contributed by atoms with Gasteiger partial charge < -0.3 is 10.3 Å². The van der Waals surface area contributed by atoms with E-state index >= 15 is 0 Å². The fourth-order valence-electron chi connectivity index (χ4n) is 2.62. The molecule has 2 heterocycles. The highest BCUT2D eigenvalue weighted by molar-refractivity contribution is 6.34. The van der Waals surface area contributed by atoms with Crippen LogP contribution in [0, 0.1) is 5.82 Å². The van der Waals surface area contributed by atoms with E-state index in [2.05, 4.69) is 25.5 Å². The second kappa shape index (κ2) is 5.98. The number of rotatable bonds is 4. The van der Waals surface area contributed by atoms with Gasteiger partial charge in [0.1, 0.15) is 11.3 Å². The molecule has 4 rings (SSSR count). The summed E-state index contributed by atoms with van der Waals surface area (Å²) in [7, 11) is 0. The van der Waals surface area contributed by atoms with Crippen molar-refractivity contribution >= 4 is 28.3 Å². The van der Waals surface area contributed by atoms with Crippen LogP contribution in [0.3, 0.4) is 0 Å². The third-order valence-electron chi connectivity index (χ3n) is 3.80. The van der Waals surface area contributed by atoms with Gasteiger partial charge in [0.05, 0.1) is 11.6 Å². The Hall–Kier alpha value is -2.86. The number of anilines is 1. The lowest BCUT2D eigenvalue weighted by Crippen LogP contribution is -2.01. The van der Waals surface area contributed by atoms with E-state index in [-0.39, 0.29) is 10.5 Å². The van der Waals surface area contributed by atoms with Crippen molar-refractivity contribution in [3.63, 3.8) is 0 Å². The average molecular weight is 342 g/mol. The van der Waals surface area contributed by atoms with Crippen molar-refractivity contribution in [2.24, 2.45) is 0 Å². The number of imidazole rings is 1. The Kier molecular flexibility index (Phi) is 3.66.